The zero-order chi connectivity index (χ0) is 19.2. The van der Waals surface area contributed by atoms with Gasteiger partial charge in [0.15, 0.2) is 10.8 Å². The molecule has 0 aromatic heterocycles. The number of nitriles is 4. The minimum Gasteiger partial charge on any atom is -0.196 e. The Morgan fingerprint density at radius 2 is 0.923 bits per heavy atom. The molecule has 0 atom stereocenters. The predicted molar refractivity (Wildman–Crippen MR) is 98.5 cm³/mol. The van der Waals surface area contributed by atoms with Crippen LogP contribution in [-0.4, -0.2) is 0 Å². The number of benzene rings is 1. The molecule has 1 aromatic rings. The molecule has 0 saturated carbocycles. The zero-order valence-corrected chi connectivity index (χ0v) is 14.0. The van der Waals surface area contributed by atoms with Gasteiger partial charge < -0.3 is 0 Å². The third-order valence-electron chi connectivity index (χ3n) is 3.91. The van der Waals surface area contributed by atoms with Crippen LogP contribution in [0, 0.1) is 56.2 Å². The van der Waals surface area contributed by atoms with Gasteiger partial charge in [-0.05, 0) is 45.9 Å². The predicted octanol–water partition coefficient (Wildman–Crippen LogP) is 2.55. The van der Waals surface area contributed by atoms with Gasteiger partial charge in [-0.3, -0.25) is 0 Å². The quantitative estimate of drug-likeness (QED) is 0.728. The molecule has 2 aliphatic carbocycles. The van der Waals surface area contributed by atoms with E-state index in [0.717, 1.165) is 10.4 Å². The summed E-state index contributed by atoms with van der Waals surface area (Å²) >= 11 is 0. The van der Waals surface area contributed by atoms with Crippen molar-refractivity contribution in [1.29, 1.82) is 21.0 Å². The Balaban J connectivity index is 0.000000254. The van der Waals surface area contributed by atoms with Crippen molar-refractivity contribution in [3.63, 3.8) is 0 Å². The van der Waals surface area contributed by atoms with Crippen LogP contribution in [0.2, 0.25) is 0 Å². The maximum Gasteiger partial charge on any atom is 0.181 e. The van der Waals surface area contributed by atoms with E-state index >= 15 is 0 Å². The summed E-state index contributed by atoms with van der Waals surface area (Å²) in [6, 6.07) is 15.5. The molecule has 2 aliphatic rings. The molecule has 0 N–H and O–H groups in total. The molecule has 0 heterocycles. The van der Waals surface area contributed by atoms with Gasteiger partial charge in [0, 0.05) is 0 Å². The molecule has 0 aliphatic heterocycles. The van der Waals surface area contributed by atoms with E-state index in [-0.39, 0.29) is 0 Å². The van der Waals surface area contributed by atoms with Crippen molar-refractivity contribution in [2.45, 2.75) is 0 Å². The standard InChI is InChI=1S/C14H6N4.C8H8/c15-7-13(8-16)3-1-11-5-14(9-17,10-18)4-2-12(11)6-13;1-7-3-5-8(2)6-4-7/h1-6H;3-6H,1-2H2. The largest absolute Gasteiger partial charge is 0.196 e. The molecule has 0 unspecified atom stereocenters. The Morgan fingerprint density at radius 1 is 0.615 bits per heavy atom. The van der Waals surface area contributed by atoms with E-state index in [0.29, 0.717) is 11.1 Å². The Labute approximate surface area is 152 Å². The van der Waals surface area contributed by atoms with Gasteiger partial charge in [0.05, 0.1) is 24.3 Å². The second kappa shape index (κ2) is 7.19. The lowest BCUT2D eigenvalue weighted by Gasteiger charge is -2.23. The summed E-state index contributed by atoms with van der Waals surface area (Å²) in [5.74, 6) is 0. The Morgan fingerprint density at radius 3 is 1.19 bits per heavy atom. The molecular formula is C22H14N4. The van der Waals surface area contributed by atoms with Crippen molar-refractivity contribution >= 4 is 13.2 Å². The van der Waals surface area contributed by atoms with Crippen LogP contribution in [0.3, 0.4) is 0 Å². The van der Waals surface area contributed by atoms with Crippen LogP contribution in [0.1, 0.15) is 0 Å². The number of hydrogen-bond acceptors (Lipinski definition) is 4. The maximum atomic E-state index is 9.01. The van der Waals surface area contributed by atoms with Gasteiger partial charge in [0.2, 0.25) is 0 Å². The normalized spacial score (nSPS) is 17.4. The first-order valence-electron chi connectivity index (χ1n) is 7.65. The number of fused-ring (bicyclic) bond motifs is 1. The molecule has 0 spiro atoms. The second-order valence-electron chi connectivity index (χ2n) is 5.87. The monoisotopic (exact) mass is 334 g/mol. The first-order chi connectivity index (χ1) is 12.4. The highest BCUT2D eigenvalue weighted by molar-refractivity contribution is 5.61. The summed E-state index contributed by atoms with van der Waals surface area (Å²) in [6.07, 6.45) is 9.23. The van der Waals surface area contributed by atoms with Crippen molar-refractivity contribution in [1.82, 2.24) is 0 Å². The van der Waals surface area contributed by atoms with Crippen LogP contribution in [0.5, 0.6) is 0 Å². The van der Waals surface area contributed by atoms with E-state index in [9.17, 15) is 0 Å². The third-order valence-corrected chi connectivity index (χ3v) is 3.91. The Kier molecular flexibility index (Phi) is 5.04. The summed E-state index contributed by atoms with van der Waals surface area (Å²) in [7, 11) is 0. The highest BCUT2D eigenvalue weighted by Gasteiger charge is 2.33. The molecule has 4 heteroatoms. The minimum absolute atomic E-state index is 0.682. The van der Waals surface area contributed by atoms with Gasteiger partial charge in [0.25, 0.3) is 0 Å². The molecule has 4 nitrogen and oxygen atoms in total. The highest BCUT2D eigenvalue weighted by Crippen LogP contribution is 2.37. The number of hydrogen-bond donors (Lipinski definition) is 0. The van der Waals surface area contributed by atoms with E-state index in [1.807, 2.05) is 48.5 Å². The van der Waals surface area contributed by atoms with Crippen LogP contribution in [0.4, 0.5) is 0 Å². The molecule has 3 rings (SSSR count). The summed E-state index contributed by atoms with van der Waals surface area (Å²) in [6.45, 7) is 7.47. The third kappa shape index (κ3) is 3.68. The average Bonchev–Trinajstić information content (AvgIpc) is 2.70. The van der Waals surface area contributed by atoms with E-state index in [1.165, 1.54) is 24.3 Å². The molecule has 0 fully saturated rings. The van der Waals surface area contributed by atoms with E-state index in [4.69, 9.17) is 21.0 Å². The van der Waals surface area contributed by atoms with Crippen LogP contribution >= 0.6 is 0 Å². The first-order valence-corrected chi connectivity index (χ1v) is 7.65. The van der Waals surface area contributed by atoms with E-state index < -0.39 is 10.8 Å². The molecule has 0 bridgehead atoms. The Bertz CT molecular complexity index is 977. The van der Waals surface area contributed by atoms with Gasteiger partial charge in [-0.25, -0.2) is 0 Å². The van der Waals surface area contributed by atoms with Crippen LogP contribution in [0.25, 0.3) is 13.2 Å². The lowest BCUT2D eigenvalue weighted by Crippen LogP contribution is -2.18. The Hall–Kier alpha value is -4.12. The van der Waals surface area contributed by atoms with Gasteiger partial charge in [-0.2, -0.15) is 21.0 Å². The summed E-state index contributed by atoms with van der Waals surface area (Å²) < 4.78 is 0. The molecule has 0 amide bonds. The maximum absolute atomic E-state index is 9.01. The highest BCUT2D eigenvalue weighted by atomic mass is 14.4. The van der Waals surface area contributed by atoms with Gasteiger partial charge in [-0.15, -0.1) is 0 Å². The summed E-state index contributed by atoms with van der Waals surface area (Å²) in [5, 5.41) is 38.1. The van der Waals surface area contributed by atoms with E-state index in [2.05, 4.69) is 13.2 Å². The SMILES string of the molecule is C=c1ccc(=C)cc1.N#CC1(C#N)C=CC2=CC(C#N)(C#N)C=CC2=C1. The number of allylic oxidation sites excluding steroid dienone is 8. The van der Waals surface area contributed by atoms with Crippen LogP contribution < -0.4 is 10.4 Å². The van der Waals surface area contributed by atoms with Crippen molar-refractivity contribution in [3.05, 3.63) is 82.3 Å². The summed E-state index contributed by atoms with van der Waals surface area (Å²) in [5.41, 5.74) is -1.17. The van der Waals surface area contributed by atoms with E-state index in [1.54, 1.807) is 12.2 Å². The number of rotatable bonds is 0. The van der Waals surface area contributed by atoms with Gasteiger partial charge >= 0.3 is 0 Å². The minimum atomic E-state index is -1.27. The molecule has 0 saturated heterocycles. The molecule has 26 heavy (non-hydrogen) atoms. The molecule has 0 radical (unpaired) electrons. The van der Waals surface area contributed by atoms with Gasteiger partial charge in [-0.1, -0.05) is 49.6 Å². The average molecular weight is 334 g/mol. The van der Waals surface area contributed by atoms with Crippen molar-refractivity contribution in [3.8, 4) is 24.3 Å². The second-order valence-corrected chi connectivity index (χ2v) is 5.87. The lowest BCUT2D eigenvalue weighted by atomic mass is 9.76. The molecule has 122 valence electrons. The number of nitrogens with zero attached hydrogens (tertiary/aromatic N) is 4. The van der Waals surface area contributed by atoms with Crippen molar-refractivity contribution in [2.75, 3.05) is 0 Å². The lowest BCUT2D eigenvalue weighted by molar-refractivity contribution is 0.811. The first kappa shape index (κ1) is 18.2. The molecule has 1 aromatic carbocycles. The topological polar surface area (TPSA) is 95.2 Å². The fourth-order valence-electron chi connectivity index (χ4n) is 2.35. The zero-order valence-electron chi connectivity index (χ0n) is 14.0. The fraction of sp³-hybridized carbons (Fsp3) is 0.0909. The molecular weight excluding hydrogens is 320 g/mol. The smallest absolute Gasteiger partial charge is 0.181 e. The van der Waals surface area contributed by atoms with Gasteiger partial charge in [0.1, 0.15) is 0 Å². The fourth-order valence-corrected chi connectivity index (χ4v) is 2.35. The van der Waals surface area contributed by atoms with Crippen LogP contribution in [-0.2, 0) is 0 Å². The van der Waals surface area contributed by atoms with Crippen LogP contribution in [0.15, 0.2) is 71.9 Å². The van der Waals surface area contributed by atoms with Crippen molar-refractivity contribution in [2.24, 2.45) is 10.8 Å². The summed E-state index contributed by atoms with van der Waals surface area (Å²) in [4.78, 5) is 0. The van der Waals surface area contributed by atoms with Crippen molar-refractivity contribution < 1.29 is 0 Å².